The number of anilines is 1. The van der Waals surface area contributed by atoms with Crippen LogP contribution < -0.4 is 15.5 Å². The van der Waals surface area contributed by atoms with Crippen molar-refractivity contribution in [3.63, 3.8) is 0 Å². The van der Waals surface area contributed by atoms with E-state index in [-0.39, 0.29) is 24.0 Å². The zero-order chi connectivity index (χ0) is 18.6. The summed E-state index contributed by atoms with van der Waals surface area (Å²) in [5.74, 6) is 1.71. The highest BCUT2D eigenvalue weighted by molar-refractivity contribution is 14.0. The lowest BCUT2D eigenvalue weighted by atomic mass is 10.1. The number of aliphatic imine (C=N–C) groups is 1. The molecule has 1 saturated carbocycles. The molecule has 1 aromatic carbocycles. The maximum absolute atomic E-state index is 4.93. The lowest BCUT2D eigenvalue weighted by Crippen LogP contribution is -2.45. The predicted octanol–water partition coefficient (Wildman–Crippen LogP) is 3.69. The summed E-state index contributed by atoms with van der Waals surface area (Å²) in [5, 5.41) is 7.12. The summed E-state index contributed by atoms with van der Waals surface area (Å²) in [7, 11) is 0. The third-order valence-electron chi connectivity index (χ3n) is 5.95. The Bertz CT molecular complexity index is 666. The zero-order valence-electron chi connectivity index (χ0n) is 16.7. The van der Waals surface area contributed by atoms with Gasteiger partial charge in [-0.3, -0.25) is 4.99 Å². The van der Waals surface area contributed by atoms with Crippen LogP contribution in [-0.4, -0.2) is 62.2 Å². The first kappa shape index (κ1) is 22.2. The van der Waals surface area contributed by atoms with Gasteiger partial charge in [0.15, 0.2) is 5.96 Å². The molecule has 0 aromatic heterocycles. The number of nitrogens with one attached hydrogen (secondary N) is 2. The van der Waals surface area contributed by atoms with E-state index in [4.69, 9.17) is 4.99 Å². The quantitative estimate of drug-likeness (QED) is 0.316. The van der Waals surface area contributed by atoms with Gasteiger partial charge in [-0.1, -0.05) is 12.1 Å². The van der Waals surface area contributed by atoms with Gasteiger partial charge in [0.1, 0.15) is 0 Å². The second-order valence-electron chi connectivity index (χ2n) is 8.13. The molecule has 0 bridgehead atoms. The molecule has 1 aliphatic carbocycles. The standard InChI is InChI=1S/C21H32BrN5.HI/c1-2-23-21(24-13-16-9-11-26(14-16)18-7-8-18)25-17-10-12-27(15-17)20-6-4-3-5-19(20)22;/h3-6,16-18H,2,7-15H2,1H3,(H2,23,24,25);1H. The van der Waals surface area contributed by atoms with Gasteiger partial charge in [0.25, 0.3) is 0 Å². The van der Waals surface area contributed by atoms with Gasteiger partial charge in [-0.25, -0.2) is 0 Å². The Hall–Kier alpha value is -0.540. The molecule has 2 saturated heterocycles. The Kier molecular flexibility index (Phi) is 8.29. The fourth-order valence-electron chi connectivity index (χ4n) is 4.32. The van der Waals surface area contributed by atoms with Crippen LogP contribution in [0.1, 0.15) is 32.6 Å². The third-order valence-corrected chi connectivity index (χ3v) is 6.63. The Labute approximate surface area is 194 Å². The molecule has 7 heteroatoms. The topological polar surface area (TPSA) is 42.9 Å². The molecule has 2 atom stereocenters. The van der Waals surface area contributed by atoms with Gasteiger partial charge in [0.2, 0.25) is 0 Å². The van der Waals surface area contributed by atoms with E-state index in [1.165, 1.54) is 42.5 Å². The molecule has 2 aliphatic heterocycles. The number of nitrogens with zero attached hydrogens (tertiary/aromatic N) is 3. The van der Waals surface area contributed by atoms with Crippen molar-refractivity contribution in [3.05, 3.63) is 28.7 Å². The Morgan fingerprint density at radius 2 is 1.96 bits per heavy atom. The fourth-order valence-corrected chi connectivity index (χ4v) is 4.86. The number of guanidine groups is 1. The smallest absolute Gasteiger partial charge is 0.191 e. The van der Waals surface area contributed by atoms with Crippen LogP contribution in [0, 0.1) is 5.92 Å². The van der Waals surface area contributed by atoms with Crippen molar-refractivity contribution in [3.8, 4) is 0 Å². The summed E-state index contributed by atoms with van der Waals surface area (Å²) in [6, 6.07) is 9.83. The number of hydrogen-bond acceptors (Lipinski definition) is 3. The minimum atomic E-state index is 0. The van der Waals surface area contributed by atoms with Crippen LogP contribution in [0.15, 0.2) is 33.7 Å². The Morgan fingerprint density at radius 1 is 1.14 bits per heavy atom. The number of benzene rings is 1. The molecule has 156 valence electrons. The third kappa shape index (κ3) is 5.75. The monoisotopic (exact) mass is 561 g/mol. The van der Waals surface area contributed by atoms with E-state index in [1.54, 1.807) is 0 Å². The summed E-state index contributed by atoms with van der Waals surface area (Å²) in [4.78, 5) is 10.1. The predicted molar refractivity (Wildman–Crippen MR) is 132 cm³/mol. The van der Waals surface area contributed by atoms with Crippen molar-refractivity contribution in [2.75, 3.05) is 44.2 Å². The number of para-hydroxylation sites is 1. The fraction of sp³-hybridized carbons (Fsp3) is 0.667. The second kappa shape index (κ2) is 10.5. The van der Waals surface area contributed by atoms with E-state index < -0.39 is 0 Å². The van der Waals surface area contributed by atoms with Crippen LogP contribution in [0.25, 0.3) is 0 Å². The van der Waals surface area contributed by atoms with E-state index in [1.807, 2.05) is 0 Å². The SMILES string of the molecule is CCNC(=NCC1CCN(C2CC2)C1)NC1CCN(c2ccccc2Br)C1.I. The van der Waals surface area contributed by atoms with Crippen molar-refractivity contribution >= 4 is 51.6 Å². The molecule has 28 heavy (non-hydrogen) atoms. The summed E-state index contributed by atoms with van der Waals surface area (Å²) in [6.07, 6.45) is 5.27. The molecule has 4 rings (SSSR count). The molecule has 2 unspecified atom stereocenters. The highest BCUT2D eigenvalue weighted by Crippen LogP contribution is 2.32. The highest BCUT2D eigenvalue weighted by atomic mass is 127. The minimum absolute atomic E-state index is 0. The van der Waals surface area contributed by atoms with Crippen molar-refractivity contribution in [2.24, 2.45) is 10.9 Å². The van der Waals surface area contributed by atoms with E-state index in [0.29, 0.717) is 6.04 Å². The summed E-state index contributed by atoms with van der Waals surface area (Å²) in [6.45, 7) is 8.62. The van der Waals surface area contributed by atoms with E-state index >= 15 is 0 Å². The number of likely N-dealkylation sites (tertiary alicyclic amines) is 1. The van der Waals surface area contributed by atoms with Crippen molar-refractivity contribution in [2.45, 2.75) is 44.7 Å². The van der Waals surface area contributed by atoms with Crippen LogP contribution >= 0.6 is 39.9 Å². The molecular formula is C21H33BrIN5. The first-order chi connectivity index (χ1) is 13.2. The number of halogens is 2. The highest BCUT2D eigenvalue weighted by Gasteiger charge is 2.34. The average Bonchev–Trinajstić information content (AvgIpc) is 3.23. The molecule has 3 aliphatic rings. The van der Waals surface area contributed by atoms with Gasteiger partial charge in [0, 0.05) is 49.3 Å². The van der Waals surface area contributed by atoms with Gasteiger partial charge >= 0.3 is 0 Å². The maximum Gasteiger partial charge on any atom is 0.191 e. The molecule has 0 amide bonds. The minimum Gasteiger partial charge on any atom is -0.368 e. The zero-order valence-corrected chi connectivity index (χ0v) is 20.7. The molecular weight excluding hydrogens is 529 g/mol. The summed E-state index contributed by atoms with van der Waals surface area (Å²) >= 11 is 3.68. The summed E-state index contributed by atoms with van der Waals surface area (Å²) < 4.78 is 1.17. The molecule has 3 fully saturated rings. The largest absolute Gasteiger partial charge is 0.368 e. The Morgan fingerprint density at radius 3 is 2.71 bits per heavy atom. The van der Waals surface area contributed by atoms with Gasteiger partial charge in [-0.15, -0.1) is 24.0 Å². The molecule has 2 N–H and O–H groups in total. The van der Waals surface area contributed by atoms with Gasteiger partial charge < -0.3 is 20.4 Å². The van der Waals surface area contributed by atoms with Crippen molar-refractivity contribution < 1.29 is 0 Å². The average molecular weight is 562 g/mol. The van der Waals surface area contributed by atoms with Gasteiger partial charge in [-0.2, -0.15) is 0 Å². The first-order valence-electron chi connectivity index (χ1n) is 10.5. The Balaban J connectivity index is 0.00000225. The maximum atomic E-state index is 4.93. The van der Waals surface area contributed by atoms with Crippen LogP contribution in [0.4, 0.5) is 5.69 Å². The number of rotatable bonds is 6. The van der Waals surface area contributed by atoms with Crippen LogP contribution in [0.3, 0.4) is 0 Å². The van der Waals surface area contributed by atoms with E-state index in [2.05, 4.69) is 67.6 Å². The molecule has 1 aromatic rings. The molecule has 5 nitrogen and oxygen atoms in total. The van der Waals surface area contributed by atoms with Crippen molar-refractivity contribution in [1.82, 2.24) is 15.5 Å². The first-order valence-corrected chi connectivity index (χ1v) is 11.3. The normalized spacial score (nSPS) is 25.6. The molecule has 2 heterocycles. The van der Waals surface area contributed by atoms with Gasteiger partial charge in [0.05, 0.1) is 5.69 Å². The lowest BCUT2D eigenvalue weighted by molar-refractivity contribution is 0.315. The molecule has 0 spiro atoms. The van der Waals surface area contributed by atoms with Crippen molar-refractivity contribution in [1.29, 1.82) is 0 Å². The lowest BCUT2D eigenvalue weighted by Gasteiger charge is -2.21. The van der Waals surface area contributed by atoms with Crippen LogP contribution in [0.2, 0.25) is 0 Å². The second-order valence-corrected chi connectivity index (χ2v) is 8.98. The summed E-state index contributed by atoms with van der Waals surface area (Å²) in [5.41, 5.74) is 1.29. The molecule has 0 radical (unpaired) electrons. The van der Waals surface area contributed by atoms with Gasteiger partial charge in [-0.05, 0) is 73.1 Å². The van der Waals surface area contributed by atoms with Crippen LogP contribution in [-0.2, 0) is 0 Å². The van der Waals surface area contributed by atoms with E-state index in [0.717, 1.165) is 50.5 Å². The number of hydrogen-bond donors (Lipinski definition) is 2. The van der Waals surface area contributed by atoms with E-state index in [9.17, 15) is 0 Å². The van der Waals surface area contributed by atoms with Crippen LogP contribution in [0.5, 0.6) is 0 Å².